The first kappa shape index (κ1) is 18.8. The minimum atomic E-state index is 0.105. The van der Waals surface area contributed by atoms with Crippen LogP contribution < -0.4 is 5.32 Å². The Hall–Kier alpha value is -1.98. The van der Waals surface area contributed by atoms with Crippen LogP contribution in [0.25, 0.3) is 10.8 Å². The number of rotatable bonds is 7. The van der Waals surface area contributed by atoms with Gasteiger partial charge in [-0.15, -0.1) is 21.5 Å². The zero-order valence-electron chi connectivity index (χ0n) is 16.1. The van der Waals surface area contributed by atoms with Crippen LogP contribution >= 0.6 is 11.3 Å². The van der Waals surface area contributed by atoms with Gasteiger partial charge in [-0.3, -0.25) is 0 Å². The maximum Gasteiger partial charge on any atom is 0.274 e. The van der Waals surface area contributed by atoms with Gasteiger partial charge in [0, 0.05) is 11.5 Å². The molecule has 2 aromatic heterocycles. The molecule has 0 bridgehead atoms. The van der Waals surface area contributed by atoms with E-state index in [0.29, 0.717) is 29.7 Å². The van der Waals surface area contributed by atoms with E-state index in [1.807, 2.05) is 17.5 Å². The minimum Gasteiger partial charge on any atom is -0.414 e. The average Bonchev–Trinajstić information content (AvgIpc) is 3.30. The molecule has 0 saturated heterocycles. The van der Waals surface area contributed by atoms with Crippen molar-refractivity contribution in [2.24, 2.45) is 5.92 Å². The molecule has 2 atom stereocenters. The van der Waals surface area contributed by atoms with Crippen molar-refractivity contribution in [1.29, 1.82) is 0 Å². The normalized spacial score (nSPS) is 14.1. The predicted octanol–water partition coefficient (Wildman–Crippen LogP) is 4.94. The quantitative estimate of drug-likeness (QED) is 0.640. The Kier molecular flexibility index (Phi) is 5.89. The third kappa shape index (κ3) is 4.22. The Morgan fingerprint density at radius 3 is 2.19 bits per heavy atom. The van der Waals surface area contributed by atoms with Crippen molar-refractivity contribution in [2.75, 3.05) is 0 Å². The first-order chi connectivity index (χ1) is 12.5. The van der Waals surface area contributed by atoms with Gasteiger partial charge in [0.1, 0.15) is 6.04 Å². The van der Waals surface area contributed by atoms with Gasteiger partial charge in [0.2, 0.25) is 0 Å². The Morgan fingerprint density at radius 1 is 0.923 bits per heavy atom. The Bertz CT molecular complexity index is 806. The molecule has 3 rings (SSSR count). The van der Waals surface area contributed by atoms with Crippen LogP contribution in [0.4, 0.5) is 0 Å². The second-order valence-corrected chi connectivity index (χ2v) is 8.44. The molecule has 1 aromatic carbocycles. The van der Waals surface area contributed by atoms with Gasteiger partial charge in [-0.1, -0.05) is 58.0 Å². The molecule has 5 heteroatoms. The summed E-state index contributed by atoms with van der Waals surface area (Å²) in [4.78, 5) is 1.01. The molecule has 138 valence electrons. The molecular weight excluding hydrogens is 342 g/mol. The van der Waals surface area contributed by atoms with Crippen molar-refractivity contribution in [3.05, 3.63) is 58.8 Å². The zero-order chi connectivity index (χ0) is 18.7. The molecule has 0 aliphatic carbocycles. The standard InChI is InChI=1S/C21H27N3OS/c1-13(2)16-8-10-17(11-9-16)19(14(3)4)22-15(5)20-23-24-21(25-20)18-7-6-12-26-18/h6-15,19,22H,1-5H3/p+1/t15-,19+/m0/s1. The van der Waals surface area contributed by atoms with Crippen LogP contribution in [0, 0.1) is 5.92 Å². The highest BCUT2D eigenvalue weighted by atomic mass is 32.1. The molecule has 2 heterocycles. The second kappa shape index (κ2) is 8.14. The number of nitrogens with zero attached hydrogens (tertiary/aromatic N) is 2. The van der Waals surface area contributed by atoms with Crippen molar-refractivity contribution in [3.63, 3.8) is 0 Å². The molecule has 0 fully saturated rings. The van der Waals surface area contributed by atoms with Crippen LogP contribution in [0.1, 0.15) is 69.6 Å². The summed E-state index contributed by atoms with van der Waals surface area (Å²) in [6.45, 7) is 11.1. The molecule has 26 heavy (non-hydrogen) atoms. The van der Waals surface area contributed by atoms with E-state index in [1.54, 1.807) is 11.3 Å². The van der Waals surface area contributed by atoms with Crippen LogP contribution in [0.15, 0.2) is 46.2 Å². The van der Waals surface area contributed by atoms with Crippen LogP contribution in [-0.4, -0.2) is 10.2 Å². The average molecular weight is 371 g/mol. The van der Waals surface area contributed by atoms with Crippen molar-refractivity contribution in [2.45, 2.75) is 52.6 Å². The molecular formula is C21H28N3OS+. The first-order valence-electron chi connectivity index (χ1n) is 9.27. The fourth-order valence-electron chi connectivity index (χ4n) is 3.13. The molecule has 3 aromatic rings. The van der Waals surface area contributed by atoms with Crippen molar-refractivity contribution in [1.82, 2.24) is 10.2 Å². The summed E-state index contributed by atoms with van der Waals surface area (Å²) in [6, 6.07) is 13.5. The maximum atomic E-state index is 5.91. The third-order valence-electron chi connectivity index (χ3n) is 4.76. The predicted molar refractivity (Wildman–Crippen MR) is 106 cm³/mol. The van der Waals surface area contributed by atoms with Crippen molar-refractivity contribution in [3.8, 4) is 10.8 Å². The summed E-state index contributed by atoms with van der Waals surface area (Å²) < 4.78 is 5.91. The summed E-state index contributed by atoms with van der Waals surface area (Å²) in [5.41, 5.74) is 2.72. The largest absolute Gasteiger partial charge is 0.414 e. The maximum absolute atomic E-state index is 5.91. The van der Waals surface area contributed by atoms with Crippen molar-refractivity contribution >= 4 is 11.3 Å². The lowest BCUT2D eigenvalue weighted by Gasteiger charge is -2.22. The summed E-state index contributed by atoms with van der Waals surface area (Å²) in [5, 5.41) is 12.8. The summed E-state index contributed by atoms with van der Waals surface area (Å²) >= 11 is 1.61. The highest BCUT2D eigenvalue weighted by Crippen LogP contribution is 2.25. The SMILES string of the molecule is CC(C)c1ccc([C@H]([NH2+][C@@H](C)c2nnc(-c3cccs3)o2)C(C)C)cc1. The lowest BCUT2D eigenvalue weighted by Crippen LogP contribution is -2.86. The lowest BCUT2D eigenvalue weighted by atomic mass is 9.93. The highest BCUT2D eigenvalue weighted by Gasteiger charge is 2.26. The van der Waals surface area contributed by atoms with E-state index >= 15 is 0 Å². The number of hydrogen-bond acceptors (Lipinski definition) is 4. The van der Waals surface area contributed by atoms with Gasteiger partial charge in [-0.2, -0.15) is 0 Å². The summed E-state index contributed by atoms with van der Waals surface area (Å²) in [5.74, 6) is 2.34. The van der Waals surface area contributed by atoms with E-state index < -0.39 is 0 Å². The fraction of sp³-hybridized carbons (Fsp3) is 0.429. The summed E-state index contributed by atoms with van der Waals surface area (Å²) in [7, 11) is 0. The number of aromatic nitrogens is 2. The van der Waals surface area contributed by atoms with Crippen molar-refractivity contribution < 1.29 is 9.73 Å². The third-order valence-corrected chi connectivity index (χ3v) is 5.62. The highest BCUT2D eigenvalue weighted by molar-refractivity contribution is 7.13. The Morgan fingerprint density at radius 2 is 1.62 bits per heavy atom. The number of benzene rings is 1. The van der Waals surface area contributed by atoms with Crippen LogP contribution in [-0.2, 0) is 0 Å². The van der Waals surface area contributed by atoms with Gasteiger partial charge in [-0.05, 0) is 29.9 Å². The minimum absolute atomic E-state index is 0.105. The molecule has 0 saturated carbocycles. The zero-order valence-corrected chi connectivity index (χ0v) is 17.0. The van der Waals surface area contributed by atoms with E-state index in [-0.39, 0.29) is 6.04 Å². The molecule has 0 amide bonds. The molecule has 4 nitrogen and oxygen atoms in total. The first-order valence-corrected chi connectivity index (χ1v) is 10.2. The van der Waals surface area contributed by atoms with Gasteiger partial charge < -0.3 is 9.73 Å². The van der Waals surface area contributed by atoms with Gasteiger partial charge in [0.05, 0.1) is 4.88 Å². The lowest BCUT2D eigenvalue weighted by molar-refractivity contribution is -0.739. The Balaban J connectivity index is 1.75. The number of thiophene rings is 1. The Labute approximate surface area is 159 Å². The van der Waals surface area contributed by atoms with E-state index in [9.17, 15) is 0 Å². The van der Waals surface area contributed by atoms with Crippen LogP contribution in [0.2, 0.25) is 0 Å². The topological polar surface area (TPSA) is 55.5 Å². The summed E-state index contributed by atoms with van der Waals surface area (Å²) in [6.07, 6.45) is 0. The number of hydrogen-bond donors (Lipinski definition) is 1. The monoisotopic (exact) mass is 370 g/mol. The molecule has 0 aliphatic heterocycles. The molecule has 0 aliphatic rings. The van der Waals surface area contributed by atoms with E-state index in [1.165, 1.54) is 11.1 Å². The van der Waals surface area contributed by atoms with E-state index in [0.717, 1.165) is 4.88 Å². The number of quaternary nitrogens is 1. The van der Waals surface area contributed by atoms with E-state index in [4.69, 9.17) is 4.42 Å². The van der Waals surface area contributed by atoms with Gasteiger partial charge in [-0.25, -0.2) is 0 Å². The van der Waals surface area contributed by atoms with E-state index in [2.05, 4.69) is 74.4 Å². The van der Waals surface area contributed by atoms with Crippen LogP contribution in [0.3, 0.4) is 0 Å². The van der Waals surface area contributed by atoms with Gasteiger partial charge in [0.15, 0.2) is 6.04 Å². The second-order valence-electron chi connectivity index (χ2n) is 7.50. The fourth-order valence-corrected chi connectivity index (χ4v) is 3.78. The number of nitrogens with two attached hydrogens (primary N) is 1. The molecule has 0 spiro atoms. The van der Waals surface area contributed by atoms with Gasteiger partial charge in [0.25, 0.3) is 11.8 Å². The van der Waals surface area contributed by atoms with Gasteiger partial charge >= 0.3 is 0 Å². The molecule has 2 N–H and O–H groups in total. The molecule has 0 radical (unpaired) electrons. The smallest absolute Gasteiger partial charge is 0.274 e. The molecule has 0 unspecified atom stereocenters. The van der Waals surface area contributed by atoms with Crippen LogP contribution in [0.5, 0.6) is 0 Å².